The molecule has 1 unspecified atom stereocenters. The zero-order chi connectivity index (χ0) is 9.56. The molecule has 0 aliphatic carbocycles. The lowest BCUT2D eigenvalue weighted by Crippen LogP contribution is -2.11. The Hall–Kier alpha value is -1.34. The average Bonchev–Trinajstić information content (AvgIpc) is 2.03. The van der Waals surface area contributed by atoms with Crippen molar-refractivity contribution in [2.45, 2.75) is 19.4 Å². The van der Waals surface area contributed by atoms with E-state index in [0.29, 0.717) is 0 Å². The molecular weight excluding hydrogens is 158 g/mol. The highest BCUT2D eigenvalue weighted by Crippen LogP contribution is 2.07. The lowest BCUT2D eigenvalue weighted by Gasteiger charge is -2.07. The number of carbonyl (C=O) groups is 1. The zero-order valence-electron chi connectivity index (χ0n) is 7.07. The Bertz CT molecular complexity index is 227. The van der Waals surface area contributed by atoms with Gasteiger partial charge >= 0.3 is 5.97 Å². The molecule has 0 radical (unpaired) electrons. The highest BCUT2D eigenvalue weighted by Gasteiger charge is 2.10. The number of hydrogen-bond acceptors (Lipinski definition) is 3. The summed E-state index contributed by atoms with van der Waals surface area (Å²) in [6, 6.07) is 1.68. The molecular formula is C8H11NO3. The molecule has 0 saturated heterocycles. The minimum atomic E-state index is -1.07. The number of aliphatic carboxylic acids is 1. The molecule has 0 aliphatic rings. The fraction of sp³-hybridized carbons (Fsp3) is 0.500. The molecule has 0 fully saturated rings. The van der Waals surface area contributed by atoms with Crippen molar-refractivity contribution < 1.29 is 14.6 Å². The molecule has 1 N–H and O–H groups in total. The molecule has 0 spiro atoms. The van der Waals surface area contributed by atoms with Crippen LogP contribution in [-0.2, 0) is 9.53 Å². The molecule has 0 aromatic heterocycles. The van der Waals surface area contributed by atoms with Crippen LogP contribution in [0.5, 0.6) is 0 Å². The Morgan fingerprint density at radius 3 is 2.75 bits per heavy atom. The van der Waals surface area contributed by atoms with Gasteiger partial charge in [0.05, 0.1) is 12.2 Å². The second-order valence-corrected chi connectivity index (χ2v) is 2.35. The van der Waals surface area contributed by atoms with Crippen molar-refractivity contribution in [3.8, 4) is 6.07 Å². The monoisotopic (exact) mass is 169 g/mol. The normalized spacial score (nSPS) is 13.6. The summed E-state index contributed by atoms with van der Waals surface area (Å²) in [5, 5.41) is 16.8. The first-order chi connectivity index (χ1) is 5.61. The summed E-state index contributed by atoms with van der Waals surface area (Å²) < 4.78 is 4.86. The summed E-state index contributed by atoms with van der Waals surface area (Å²) in [6.45, 7) is 1.74. The van der Waals surface area contributed by atoms with E-state index in [1.54, 1.807) is 13.0 Å². The third kappa shape index (κ3) is 3.74. The van der Waals surface area contributed by atoms with Gasteiger partial charge in [-0.05, 0) is 6.92 Å². The minimum Gasteiger partial charge on any atom is -0.478 e. The number of hydrogen-bond donors (Lipinski definition) is 1. The predicted octanol–water partition coefficient (Wildman–Crippen LogP) is 0.946. The number of nitriles is 1. The smallest absolute Gasteiger partial charge is 0.332 e. The number of nitrogens with zero attached hydrogens (tertiary/aromatic N) is 1. The molecule has 0 aromatic carbocycles. The third-order valence-electron chi connectivity index (χ3n) is 1.42. The molecule has 4 nitrogen and oxygen atoms in total. The Morgan fingerprint density at radius 2 is 2.42 bits per heavy atom. The predicted molar refractivity (Wildman–Crippen MR) is 42.4 cm³/mol. The largest absolute Gasteiger partial charge is 0.478 e. The van der Waals surface area contributed by atoms with E-state index in [1.165, 1.54) is 7.11 Å². The van der Waals surface area contributed by atoms with Gasteiger partial charge in [-0.2, -0.15) is 5.26 Å². The van der Waals surface area contributed by atoms with Crippen LogP contribution >= 0.6 is 0 Å². The van der Waals surface area contributed by atoms with E-state index in [9.17, 15) is 4.79 Å². The van der Waals surface area contributed by atoms with Crippen molar-refractivity contribution in [2.24, 2.45) is 0 Å². The van der Waals surface area contributed by atoms with Crippen molar-refractivity contribution in [3.05, 3.63) is 11.6 Å². The van der Waals surface area contributed by atoms with Gasteiger partial charge in [-0.3, -0.25) is 0 Å². The molecule has 1 atom stereocenters. The third-order valence-corrected chi connectivity index (χ3v) is 1.42. The quantitative estimate of drug-likeness (QED) is 0.502. The van der Waals surface area contributed by atoms with Gasteiger partial charge < -0.3 is 9.84 Å². The summed E-state index contributed by atoms with van der Waals surface area (Å²) in [4.78, 5) is 10.5. The summed E-state index contributed by atoms with van der Waals surface area (Å²) >= 11 is 0. The molecule has 12 heavy (non-hydrogen) atoms. The van der Waals surface area contributed by atoms with E-state index in [-0.39, 0.29) is 18.1 Å². The summed E-state index contributed by atoms with van der Waals surface area (Å²) in [5.74, 6) is -1.07. The fourth-order valence-electron chi connectivity index (χ4n) is 0.679. The second kappa shape index (κ2) is 5.33. The van der Waals surface area contributed by atoms with Gasteiger partial charge in [-0.15, -0.1) is 0 Å². The lowest BCUT2D eigenvalue weighted by atomic mass is 10.1. The minimum absolute atomic E-state index is 0.0758. The number of carboxylic acid groups (broad SMARTS) is 1. The van der Waals surface area contributed by atoms with E-state index in [0.717, 1.165) is 6.08 Å². The van der Waals surface area contributed by atoms with Gasteiger partial charge in [0, 0.05) is 25.2 Å². The topological polar surface area (TPSA) is 70.3 Å². The first-order valence-electron chi connectivity index (χ1n) is 3.46. The number of methoxy groups -OCH3 is 1. The van der Waals surface area contributed by atoms with E-state index in [2.05, 4.69) is 0 Å². The number of ether oxygens (including phenoxy) is 1. The fourth-order valence-corrected chi connectivity index (χ4v) is 0.679. The average molecular weight is 169 g/mol. The van der Waals surface area contributed by atoms with Crippen molar-refractivity contribution in [2.75, 3.05) is 7.11 Å². The highest BCUT2D eigenvalue weighted by atomic mass is 16.5. The highest BCUT2D eigenvalue weighted by molar-refractivity contribution is 5.87. The maximum absolute atomic E-state index is 10.5. The van der Waals surface area contributed by atoms with Gasteiger partial charge in [0.2, 0.25) is 0 Å². The van der Waals surface area contributed by atoms with Crippen LogP contribution < -0.4 is 0 Å². The molecule has 0 aliphatic heterocycles. The van der Waals surface area contributed by atoms with Crippen LogP contribution in [0, 0.1) is 11.3 Å². The molecule has 66 valence electrons. The van der Waals surface area contributed by atoms with Gasteiger partial charge in [0.25, 0.3) is 0 Å². The van der Waals surface area contributed by atoms with Crippen LogP contribution in [0.25, 0.3) is 0 Å². The van der Waals surface area contributed by atoms with Gasteiger partial charge in [-0.1, -0.05) is 0 Å². The molecule has 0 amide bonds. The van der Waals surface area contributed by atoms with Gasteiger partial charge in [0.1, 0.15) is 0 Å². The first kappa shape index (κ1) is 10.7. The van der Waals surface area contributed by atoms with Crippen LogP contribution in [0.3, 0.4) is 0 Å². The van der Waals surface area contributed by atoms with Crippen molar-refractivity contribution in [1.82, 2.24) is 0 Å². The number of rotatable bonds is 4. The van der Waals surface area contributed by atoms with Crippen molar-refractivity contribution in [1.29, 1.82) is 5.26 Å². The van der Waals surface area contributed by atoms with Crippen LogP contribution in [0.4, 0.5) is 0 Å². The molecule has 0 aromatic rings. The second-order valence-electron chi connectivity index (χ2n) is 2.35. The summed E-state index contributed by atoms with van der Waals surface area (Å²) in [5.41, 5.74) is 0.0758. The molecule has 0 heterocycles. The van der Waals surface area contributed by atoms with Crippen LogP contribution in [0.1, 0.15) is 13.3 Å². The zero-order valence-corrected chi connectivity index (χ0v) is 7.07. The van der Waals surface area contributed by atoms with E-state index in [1.807, 2.05) is 0 Å². The van der Waals surface area contributed by atoms with Crippen molar-refractivity contribution in [3.63, 3.8) is 0 Å². The molecule has 0 saturated carbocycles. The van der Waals surface area contributed by atoms with Crippen LogP contribution in [0.15, 0.2) is 11.6 Å². The molecule has 0 bridgehead atoms. The van der Waals surface area contributed by atoms with Crippen LogP contribution in [0.2, 0.25) is 0 Å². The summed E-state index contributed by atoms with van der Waals surface area (Å²) in [7, 11) is 1.50. The maximum atomic E-state index is 10.5. The molecule has 4 heteroatoms. The standard InChI is InChI=1S/C8H11NO3/c1-6(12-2)5-7(3-4-9)8(10)11/h3,6H,5H2,1-2H3,(H,10,11). The molecule has 0 rings (SSSR count). The van der Waals surface area contributed by atoms with Gasteiger partial charge in [-0.25, -0.2) is 4.79 Å². The Morgan fingerprint density at radius 1 is 1.83 bits per heavy atom. The van der Waals surface area contributed by atoms with Crippen LogP contribution in [-0.4, -0.2) is 24.3 Å². The van der Waals surface area contributed by atoms with Gasteiger partial charge in [0.15, 0.2) is 0 Å². The first-order valence-corrected chi connectivity index (χ1v) is 3.46. The Kier molecular flexibility index (Phi) is 4.73. The summed E-state index contributed by atoms with van der Waals surface area (Å²) in [6.07, 6.45) is 1.10. The lowest BCUT2D eigenvalue weighted by molar-refractivity contribution is -0.133. The maximum Gasteiger partial charge on any atom is 0.332 e. The SMILES string of the molecule is COC(C)CC(=CC#N)C(=O)O. The number of carboxylic acids is 1. The number of allylic oxidation sites excluding steroid dienone is 1. The van der Waals surface area contributed by atoms with E-state index >= 15 is 0 Å². The van der Waals surface area contributed by atoms with E-state index < -0.39 is 5.97 Å². The van der Waals surface area contributed by atoms with Crippen molar-refractivity contribution >= 4 is 5.97 Å². The Labute approximate surface area is 71.1 Å². The van der Waals surface area contributed by atoms with E-state index in [4.69, 9.17) is 15.1 Å². The Balaban J connectivity index is 4.27.